The van der Waals surface area contributed by atoms with E-state index < -0.39 is 5.72 Å². The predicted octanol–water partition coefficient (Wildman–Crippen LogP) is 0.821. The summed E-state index contributed by atoms with van der Waals surface area (Å²) >= 11 is 1.62. The number of thioether (sulfide) groups is 1. The minimum atomic E-state index is -1.09. The molecule has 0 saturated carbocycles. The normalized spacial score (nSPS) is 30.1. The maximum atomic E-state index is 11.9. The van der Waals surface area contributed by atoms with Gasteiger partial charge in [0.1, 0.15) is 5.72 Å². The Hall–Kier alpha value is -0.260. The Morgan fingerprint density at radius 2 is 2.31 bits per heavy atom. The Morgan fingerprint density at radius 1 is 1.62 bits per heavy atom. The Balaban J connectivity index is 2.54. The van der Waals surface area contributed by atoms with Gasteiger partial charge >= 0.3 is 0 Å². The quantitative estimate of drug-likeness (QED) is 0.682. The first-order chi connectivity index (χ1) is 7.53. The van der Waals surface area contributed by atoms with Crippen LogP contribution in [0.1, 0.15) is 33.1 Å². The topological polar surface area (TPSA) is 60.8 Å². The highest BCUT2D eigenvalue weighted by Crippen LogP contribution is 2.34. The van der Waals surface area contributed by atoms with Crippen molar-refractivity contribution in [2.24, 2.45) is 0 Å². The number of unbranched alkanes of at least 4 members (excludes halogenated alkanes) is 1. The smallest absolute Gasteiger partial charge is 0.238 e. The number of hydrogen-bond acceptors (Lipinski definition) is 4. The van der Waals surface area contributed by atoms with Crippen LogP contribution in [0.25, 0.3) is 0 Å². The number of likely N-dealkylation sites (tertiary alicyclic amines) is 1. The van der Waals surface area contributed by atoms with Crippen molar-refractivity contribution in [3.8, 4) is 0 Å². The molecule has 1 aliphatic heterocycles. The van der Waals surface area contributed by atoms with Gasteiger partial charge in [-0.2, -0.15) is 0 Å². The van der Waals surface area contributed by atoms with Crippen molar-refractivity contribution < 1.29 is 15.0 Å². The first-order valence-corrected chi connectivity index (χ1v) is 6.84. The lowest BCUT2D eigenvalue weighted by Crippen LogP contribution is -2.44. The zero-order valence-corrected chi connectivity index (χ0v) is 10.8. The van der Waals surface area contributed by atoms with Crippen LogP contribution in [0.5, 0.6) is 0 Å². The molecule has 0 aromatic carbocycles. The first-order valence-electron chi connectivity index (χ1n) is 5.79. The van der Waals surface area contributed by atoms with Crippen LogP contribution < -0.4 is 0 Å². The number of carbonyl (C=O) groups is 1. The summed E-state index contributed by atoms with van der Waals surface area (Å²) in [6.07, 6.45) is 2.67. The zero-order valence-electron chi connectivity index (χ0n) is 9.98. The van der Waals surface area contributed by atoms with E-state index in [1.165, 1.54) is 4.90 Å². The van der Waals surface area contributed by atoms with E-state index in [4.69, 9.17) is 5.11 Å². The summed E-state index contributed by atoms with van der Waals surface area (Å²) < 4.78 is 0. The van der Waals surface area contributed by atoms with Gasteiger partial charge in [-0.15, -0.1) is 11.8 Å². The molecule has 1 amide bonds. The van der Waals surface area contributed by atoms with Crippen LogP contribution in [0.2, 0.25) is 0 Å². The summed E-state index contributed by atoms with van der Waals surface area (Å²) in [4.78, 5) is 13.3. The predicted molar refractivity (Wildman–Crippen MR) is 65.2 cm³/mol. The van der Waals surface area contributed by atoms with E-state index in [2.05, 4.69) is 6.92 Å². The molecule has 2 N–H and O–H groups in total. The molecule has 0 aromatic rings. The fraction of sp³-hybridized carbons (Fsp3) is 0.909. The molecule has 0 radical (unpaired) electrons. The lowest BCUT2D eigenvalue weighted by molar-refractivity contribution is -0.143. The molecular formula is C11H21NO3S. The van der Waals surface area contributed by atoms with Crippen LogP contribution in [0.4, 0.5) is 0 Å². The number of carbonyl (C=O) groups excluding carboxylic acids is 1. The van der Waals surface area contributed by atoms with E-state index in [0.29, 0.717) is 6.42 Å². The van der Waals surface area contributed by atoms with Crippen molar-refractivity contribution in [2.75, 3.05) is 18.9 Å². The summed E-state index contributed by atoms with van der Waals surface area (Å²) in [7, 11) is 0. The van der Waals surface area contributed by atoms with Crippen LogP contribution in [-0.2, 0) is 4.79 Å². The van der Waals surface area contributed by atoms with E-state index in [9.17, 15) is 9.90 Å². The molecule has 0 spiro atoms. The Labute approximate surface area is 101 Å². The second kappa shape index (κ2) is 5.89. The lowest BCUT2D eigenvalue weighted by Gasteiger charge is -2.28. The van der Waals surface area contributed by atoms with E-state index in [1.54, 1.807) is 18.7 Å². The molecule has 2 atom stereocenters. The van der Waals surface area contributed by atoms with Crippen LogP contribution in [0.3, 0.4) is 0 Å². The minimum absolute atomic E-state index is 0.0415. The van der Waals surface area contributed by atoms with Gasteiger partial charge in [-0.1, -0.05) is 13.3 Å². The summed E-state index contributed by atoms with van der Waals surface area (Å²) in [5, 5.41) is 18.8. The van der Waals surface area contributed by atoms with Crippen molar-refractivity contribution in [2.45, 2.75) is 44.1 Å². The maximum Gasteiger partial charge on any atom is 0.238 e. The van der Waals surface area contributed by atoms with Gasteiger partial charge in [-0.3, -0.25) is 4.79 Å². The van der Waals surface area contributed by atoms with Gasteiger partial charge in [0.15, 0.2) is 0 Å². The van der Waals surface area contributed by atoms with Gasteiger partial charge in [0.25, 0.3) is 0 Å². The van der Waals surface area contributed by atoms with Crippen LogP contribution in [0, 0.1) is 0 Å². The second-order valence-corrected chi connectivity index (χ2v) is 5.66. The highest BCUT2D eigenvalue weighted by atomic mass is 32.2. The number of β-amino-alcohol motifs (C(OH)–C–C–N with tert-alkyl or cyclic N) is 1. The van der Waals surface area contributed by atoms with Crippen LogP contribution in [-0.4, -0.2) is 50.9 Å². The van der Waals surface area contributed by atoms with Gasteiger partial charge in [0.2, 0.25) is 5.91 Å². The summed E-state index contributed by atoms with van der Waals surface area (Å²) in [6.45, 7) is 3.87. The van der Waals surface area contributed by atoms with Gasteiger partial charge < -0.3 is 15.1 Å². The summed E-state index contributed by atoms with van der Waals surface area (Å²) in [5.74, 6) is 0.913. The Bertz CT molecular complexity index is 245. The summed E-state index contributed by atoms with van der Waals surface area (Å²) in [5.41, 5.74) is -1.09. The van der Waals surface area contributed by atoms with Crippen LogP contribution >= 0.6 is 11.8 Å². The zero-order chi connectivity index (χ0) is 12.2. The third kappa shape index (κ3) is 3.12. The van der Waals surface area contributed by atoms with Gasteiger partial charge in [0, 0.05) is 13.0 Å². The number of rotatable bonds is 6. The highest BCUT2D eigenvalue weighted by Gasteiger charge is 2.46. The number of amides is 1. The first kappa shape index (κ1) is 13.8. The SMILES string of the molecule is CCCCSC1CC(C)(O)N(CCO)C1=O. The van der Waals surface area contributed by atoms with Crippen molar-refractivity contribution in [1.29, 1.82) is 0 Å². The second-order valence-electron chi connectivity index (χ2n) is 4.35. The van der Waals surface area contributed by atoms with Crippen LogP contribution in [0.15, 0.2) is 0 Å². The standard InChI is InChI=1S/C11H21NO3S/c1-3-4-7-16-9-8-11(2,15)12(5-6-13)10(9)14/h9,13,15H,3-8H2,1-2H3. The molecule has 1 aliphatic rings. The molecular weight excluding hydrogens is 226 g/mol. The lowest BCUT2D eigenvalue weighted by atomic mass is 10.2. The molecule has 0 aliphatic carbocycles. The molecule has 16 heavy (non-hydrogen) atoms. The fourth-order valence-corrected chi connectivity index (χ4v) is 3.35. The number of hydrogen-bond donors (Lipinski definition) is 2. The molecule has 2 unspecified atom stereocenters. The Kier molecular flexibility index (Phi) is 5.08. The van der Waals surface area contributed by atoms with E-state index >= 15 is 0 Å². The van der Waals surface area contributed by atoms with E-state index in [-0.39, 0.29) is 24.3 Å². The molecule has 0 bridgehead atoms. The molecule has 1 rings (SSSR count). The molecule has 1 heterocycles. The molecule has 1 saturated heterocycles. The molecule has 94 valence electrons. The molecule has 0 aromatic heterocycles. The monoisotopic (exact) mass is 247 g/mol. The van der Waals surface area contributed by atoms with Crippen molar-refractivity contribution in [3.63, 3.8) is 0 Å². The number of nitrogens with zero attached hydrogens (tertiary/aromatic N) is 1. The average Bonchev–Trinajstić information content (AvgIpc) is 2.43. The van der Waals surface area contributed by atoms with Crippen molar-refractivity contribution in [1.82, 2.24) is 4.90 Å². The Morgan fingerprint density at radius 3 is 2.88 bits per heavy atom. The third-order valence-corrected chi connectivity index (χ3v) is 4.13. The summed E-state index contributed by atoms with van der Waals surface area (Å²) in [6, 6.07) is 0. The highest BCUT2D eigenvalue weighted by molar-refractivity contribution is 8.00. The molecule has 5 heteroatoms. The molecule has 1 fully saturated rings. The largest absolute Gasteiger partial charge is 0.395 e. The molecule has 4 nitrogen and oxygen atoms in total. The number of aliphatic hydroxyl groups excluding tert-OH is 1. The third-order valence-electron chi connectivity index (χ3n) is 2.84. The number of aliphatic hydroxyl groups is 2. The van der Waals surface area contributed by atoms with E-state index in [1.807, 2.05) is 0 Å². The fourth-order valence-electron chi connectivity index (χ4n) is 1.91. The maximum absolute atomic E-state index is 11.9. The van der Waals surface area contributed by atoms with Gasteiger partial charge in [0.05, 0.1) is 11.9 Å². The minimum Gasteiger partial charge on any atom is -0.395 e. The van der Waals surface area contributed by atoms with Gasteiger partial charge in [-0.25, -0.2) is 0 Å². The van der Waals surface area contributed by atoms with Crippen molar-refractivity contribution in [3.05, 3.63) is 0 Å². The average molecular weight is 247 g/mol. The van der Waals surface area contributed by atoms with Gasteiger partial charge in [-0.05, 0) is 19.1 Å². The van der Waals surface area contributed by atoms with Crippen molar-refractivity contribution >= 4 is 17.7 Å². The van der Waals surface area contributed by atoms with E-state index in [0.717, 1.165) is 18.6 Å².